The van der Waals surface area contributed by atoms with Crippen molar-refractivity contribution in [3.05, 3.63) is 10.4 Å². The zero-order chi connectivity index (χ0) is 11.7. The molecule has 2 rings (SSSR count). The van der Waals surface area contributed by atoms with Crippen LogP contribution < -0.4 is 20.8 Å². The van der Waals surface area contributed by atoms with Gasteiger partial charge >= 0.3 is 5.56 Å². The second-order valence-corrected chi connectivity index (χ2v) is 2.93. The van der Waals surface area contributed by atoms with E-state index in [2.05, 4.69) is 15.1 Å². The number of H-pyrrole nitrogens is 1. The van der Waals surface area contributed by atoms with Crippen LogP contribution in [0.15, 0.2) is 4.79 Å². The molecule has 2 aromatic rings. The van der Waals surface area contributed by atoms with E-state index in [-0.39, 0.29) is 23.4 Å². The minimum absolute atomic E-state index is 0.0335. The van der Waals surface area contributed by atoms with E-state index in [4.69, 9.17) is 15.2 Å². The number of nitrogens with two attached hydrogens (primary N) is 1. The molecule has 16 heavy (non-hydrogen) atoms. The molecule has 0 saturated heterocycles. The van der Waals surface area contributed by atoms with Crippen LogP contribution in [0.3, 0.4) is 0 Å². The van der Waals surface area contributed by atoms with Gasteiger partial charge in [0, 0.05) is 0 Å². The smallest absolute Gasteiger partial charge is 0.320 e. The maximum atomic E-state index is 11.9. The summed E-state index contributed by atoms with van der Waals surface area (Å²) in [4.78, 5) is 19.7. The minimum Gasteiger partial charge on any atom is -0.484 e. The number of fused-ring (bicyclic) bond motifs is 1. The molecular formula is C8H11N5O3. The lowest BCUT2D eigenvalue weighted by atomic mass is 10.5. The van der Waals surface area contributed by atoms with Gasteiger partial charge in [-0.2, -0.15) is 14.5 Å². The van der Waals surface area contributed by atoms with E-state index >= 15 is 0 Å². The maximum Gasteiger partial charge on any atom is 0.320 e. The average molecular weight is 225 g/mol. The monoisotopic (exact) mass is 225 g/mol. The van der Waals surface area contributed by atoms with Gasteiger partial charge < -0.3 is 15.2 Å². The average Bonchev–Trinajstić information content (AvgIpc) is 2.63. The molecule has 0 atom stereocenters. The second-order valence-electron chi connectivity index (χ2n) is 2.93. The number of anilines is 1. The lowest BCUT2D eigenvalue weighted by molar-refractivity contribution is 0.298. The predicted molar refractivity (Wildman–Crippen MR) is 55.7 cm³/mol. The van der Waals surface area contributed by atoms with E-state index in [0.717, 1.165) is 4.52 Å². The van der Waals surface area contributed by atoms with Crippen LogP contribution in [0.25, 0.3) is 5.78 Å². The van der Waals surface area contributed by atoms with Crippen LogP contribution in [0.1, 0.15) is 6.92 Å². The molecule has 0 saturated carbocycles. The first kappa shape index (κ1) is 10.3. The molecule has 86 valence electrons. The van der Waals surface area contributed by atoms with Crippen molar-refractivity contribution in [3.8, 4) is 11.6 Å². The lowest BCUT2D eigenvalue weighted by Gasteiger charge is -2.06. The number of methoxy groups -OCH3 is 1. The van der Waals surface area contributed by atoms with E-state index in [0.29, 0.717) is 6.61 Å². The largest absolute Gasteiger partial charge is 0.484 e. The topological polar surface area (TPSA) is 108 Å². The standard InChI is InChI=1S/C8H11N5O3/c1-3-16-4-5(15-2)10-8-11-7(9)12-13(8)6(4)14/h3H2,1-2H3,(H3,9,10,11,12). The third-order valence-corrected chi connectivity index (χ3v) is 1.92. The van der Waals surface area contributed by atoms with Crippen molar-refractivity contribution in [2.75, 3.05) is 19.5 Å². The fourth-order valence-corrected chi connectivity index (χ4v) is 1.30. The van der Waals surface area contributed by atoms with Gasteiger partial charge in [0.15, 0.2) is 0 Å². The highest BCUT2D eigenvalue weighted by Gasteiger charge is 2.16. The summed E-state index contributed by atoms with van der Waals surface area (Å²) in [7, 11) is 1.40. The van der Waals surface area contributed by atoms with E-state index < -0.39 is 5.56 Å². The van der Waals surface area contributed by atoms with Gasteiger partial charge in [-0.15, -0.1) is 0 Å². The van der Waals surface area contributed by atoms with Crippen molar-refractivity contribution in [2.45, 2.75) is 6.92 Å². The fourth-order valence-electron chi connectivity index (χ4n) is 1.30. The number of hydrogen-bond acceptors (Lipinski definition) is 6. The van der Waals surface area contributed by atoms with Gasteiger partial charge in [-0.05, 0) is 6.92 Å². The fraction of sp³-hybridized carbons (Fsp3) is 0.375. The Morgan fingerprint density at radius 3 is 2.88 bits per heavy atom. The quantitative estimate of drug-likeness (QED) is 0.722. The van der Waals surface area contributed by atoms with Gasteiger partial charge in [0.05, 0.1) is 13.7 Å². The van der Waals surface area contributed by atoms with Crippen LogP contribution in [0.2, 0.25) is 0 Å². The summed E-state index contributed by atoms with van der Waals surface area (Å²) in [6.45, 7) is 2.10. The summed E-state index contributed by atoms with van der Waals surface area (Å²) in [5, 5.41) is 2.55. The van der Waals surface area contributed by atoms with Crippen molar-refractivity contribution in [1.82, 2.24) is 19.6 Å². The lowest BCUT2D eigenvalue weighted by Crippen LogP contribution is -2.19. The van der Waals surface area contributed by atoms with Gasteiger partial charge in [0.25, 0.3) is 11.7 Å². The summed E-state index contributed by atoms with van der Waals surface area (Å²) in [6.07, 6.45) is 0. The van der Waals surface area contributed by atoms with E-state index in [1.807, 2.05) is 0 Å². The van der Waals surface area contributed by atoms with Crippen LogP contribution in [0, 0.1) is 0 Å². The number of nitrogens with zero attached hydrogens (tertiary/aromatic N) is 3. The molecule has 0 fully saturated rings. The highest BCUT2D eigenvalue weighted by Crippen LogP contribution is 2.19. The molecule has 0 aliphatic rings. The van der Waals surface area contributed by atoms with Gasteiger partial charge in [-0.1, -0.05) is 0 Å². The Kier molecular flexibility index (Phi) is 2.39. The molecule has 0 amide bonds. The summed E-state index contributed by atoms with van der Waals surface area (Å²) in [5.41, 5.74) is 4.99. The van der Waals surface area contributed by atoms with Crippen molar-refractivity contribution in [2.24, 2.45) is 0 Å². The van der Waals surface area contributed by atoms with Crippen LogP contribution in [-0.4, -0.2) is 33.3 Å². The van der Waals surface area contributed by atoms with E-state index in [1.54, 1.807) is 6.92 Å². The molecule has 0 radical (unpaired) electrons. The number of hydrogen-bond donors (Lipinski definition) is 2. The zero-order valence-electron chi connectivity index (χ0n) is 8.85. The van der Waals surface area contributed by atoms with E-state index in [9.17, 15) is 4.79 Å². The summed E-state index contributed by atoms with van der Waals surface area (Å²) >= 11 is 0. The summed E-state index contributed by atoms with van der Waals surface area (Å²) < 4.78 is 11.2. The molecular weight excluding hydrogens is 214 g/mol. The first-order valence-electron chi connectivity index (χ1n) is 4.62. The summed E-state index contributed by atoms with van der Waals surface area (Å²) in [6, 6.07) is 0. The highest BCUT2D eigenvalue weighted by molar-refractivity contribution is 5.42. The maximum absolute atomic E-state index is 11.9. The zero-order valence-corrected chi connectivity index (χ0v) is 8.85. The Bertz CT molecular complexity index is 573. The Hall–Kier alpha value is -2.25. The van der Waals surface area contributed by atoms with Crippen LogP contribution in [0.4, 0.5) is 5.95 Å². The number of nitrogens with one attached hydrogen (secondary N) is 1. The number of nitrogen functional groups attached to an aromatic ring is 1. The number of ether oxygens (including phenoxy) is 2. The van der Waals surface area contributed by atoms with Gasteiger partial charge in [0.1, 0.15) is 0 Å². The third-order valence-electron chi connectivity index (χ3n) is 1.92. The Balaban J connectivity index is 2.76. The number of rotatable bonds is 3. The third kappa shape index (κ3) is 1.44. The molecule has 2 aromatic heterocycles. The predicted octanol–water partition coefficient (Wildman–Crippen LogP) is -0.593. The molecule has 0 aromatic carbocycles. The molecule has 0 bridgehead atoms. The Morgan fingerprint density at radius 1 is 1.50 bits per heavy atom. The van der Waals surface area contributed by atoms with Crippen LogP contribution >= 0.6 is 0 Å². The molecule has 2 heterocycles. The molecule has 3 N–H and O–H groups in total. The molecule has 0 spiro atoms. The molecule has 8 nitrogen and oxygen atoms in total. The number of aromatic nitrogens is 4. The van der Waals surface area contributed by atoms with Gasteiger partial charge in [-0.3, -0.25) is 9.89 Å². The summed E-state index contributed by atoms with van der Waals surface area (Å²) in [5.74, 6) is 0.368. The van der Waals surface area contributed by atoms with Crippen molar-refractivity contribution in [1.29, 1.82) is 0 Å². The van der Waals surface area contributed by atoms with Crippen molar-refractivity contribution in [3.63, 3.8) is 0 Å². The van der Waals surface area contributed by atoms with Crippen LogP contribution in [-0.2, 0) is 0 Å². The van der Waals surface area contributed by atoms with Gasteiger partial charge in [0.2, 0.25) is 11.7 Å². The Labute approximate surface area is 90.0 Å². The Morgan fingerprint density at radius 2 is 2.25 bits per heavy atom. The van der Waals surface area contributed by atoms with Crippen molar-refractivity contribution < 1.29 is 9.47 Å². The normalized spacial score (nSPS) is 10.6. The molecule has 8 heteroatoms. The molecule has 0 unspecified atom stereocenters. The second kappa shape index (κ2) is 3.72. The highest BCUT2D eigenvalue weighted by atomic mass is 16.5. The molecule has 0 aliphatic heterocycles. The van der Waals surface area contributed by atoms with E-state index in [1.165, 1.54) is 7.11 Å². The first-order valence-corrected chi connectivity index (χ1v) is 4.62. The van der Waals surface area contributed by atoms with Gasteiger partial charge in [-0.25, -0.2) is 0 Å². The van der Waals surface area contributed by atoms with Crippen molar-refractivity contribution >= 4 is 11.7 Å². The SMILES string of the molecule is CCOc1c(OC)nc2nc(N)[nH]n2c1=O. The minimum atomic E-state index is -0.437. The first-order chi connectivity index (χ1) is 7.67. The molecule has 0 aliphatic carbocycles. The van der Waals surface area contributed by atoms with Crippen LogP contribution in [0.5, 0.6) is 11.6 Å². The number of aromatic amines is 1.